The van der Waals surface area contributed by atoms with E-state index in [4.69, 9.17) is 37.9 Å². The molecule has 0 radical (unpaired) electrons. The van der Waals surface area contributed by atoms with E-state index in [2.05, 4.69) is 45.7 Å². The Hall–Kier alpha value is -4.99. The van der Waals surface area contributed by atoms with Crippen LogP contribution in [0.2, 0.25) is 10.0 Å². The van der Waals surface area contributed by atoms with Crippen LogP contribution in [0.5, 0.6) is 0 Å². The number of ketones is 3. The Morgan fingerprint density at radius 1 is 0.625 bits per heavy atom. The van der Waals surface area contributed by atoms with E-state index in [1.54, 1.807) is 11.3 Å². The molecule has 8 rings (SSSR count). The molecule has 4 aromatic heterocycles. The van der Waals surface area contributed by atoms with Gasteiger partial charge in [0.1, 0.15) is 45.3 Å². The van der Waals surface area contributed by atoms with E-state index in [1.807, 2.05) is 73.9 Å². The maximum atomic E-state index is 13.9. The average Bonchev–Trinajstić information content (AvgIpc) is 3.98. The number of Topliss-reactive ketones (excluding diaryl/α,β-unsaturated/α-hetero) is 3. The first-order chi connectivity index (χ1) is 30.8. The highest BCUT2D eigenvalue weighted by atomic mass is 35.5. The van der Waals surface area contributed by atoms with Crippen molar-refractivity contribution in [2.24, 2.45) is 9.98 Å². The highest BCUT2D eigenvalue weighted by Crippen LogP contribution is 2.42. The molecular weight excluding hydrogens is 888 g/mol. The molecule has 0 aliphatic carbocycles. The van der Waals surface area contributed by atoms with Crippen molar-refractivity contribution in [1.29, 1.82) is 0 Å². The van der Waals surface area contributed by atoms with Crippen LogP contribution in [0.3, 0.4) is 0 Å². The summed E-state index contributed by atoms with van der Waals surface area (Å²) in [5.74, 6) is 2.84. The minimum atomic E-state index is -0.533. The smallest absolute Gasteiger partial charge is 0.173 e. The summed E-state index contributed by atoms with van der Waals surface area (Å²) in [7, 11) is 0. The fraction of sp³-hybridized carbons (Fsp3) is 0.396. The van der Waals surface area contributed by atoms with Crippen molar-refractivity contribution < 1.29 is 19.1 Å². The molecule has 2 aliphatic heterocycles. The van der Waals surface area contributed by atoms with Crippen LogP contribution in [-0.4, -0.2) is 71.5 Å². The number of aliphatic imine (C=N–C) groups is 2. The van der Waals surface area contributed by atoms with Gasteiger partial charge in [0.05, 0.1) is 16.3 Å². The Kier molecular flexibility index (Phi) is 14.0. The lowest BCUT2D eigenvalue weighted by atomic mass is 9.98. The predicted octanol–water partition coefficient (Wildman–Crippen LogP) is 11.2. The van der Waals surface area contributed by atoms with Crippen molar-refractivity contribution >= 4 is 74.6 Å². The molecule has 64 heavy (non-hydrogen) atoms. The summed E-state index contributed by atoms with van der Waals surface area (Å²) in [5, 5.41) is 20.9. The molecule has 2 aliphatic rings. The molecule has 0 N–H and O–H groups in total. The molecule has 0 fully saturated rings. The summed E-state index contributed by atoms with van der Waals surface area (Å²) in [6.45, 7) is 12.8. The van der Waals surface area contributed by atoms with Crippen LogP contribution in [-0.2, 0) is 14.3 Å². The maximum absolute atomic E-state index is 13.9. The lowest BCUT2D eigenvalue weighted by molar-refractivity contribution is -0.120. The van der Waals surface area contributed by atoms with Crippen LogP contribution in [0.4, 0.5) is 0 Å². The van der Waals surface area contributed by atoms with Crippen molar-refractivity contribution in [3.8, 4) is 10.0 Å². The fourth-order valence-corrected chi connectivity index (χ4v) is 11.2. The van der Waals surface area contributed by atoms with E-state index in [1.165, 1.54) is 16.2 Å². The highest BCUT2D eigenvalue weighted by Gasteiger charge is 2.35. The average molecular weight is 938 g/mol. The third-order valence-electron chi connectivity index (χ3n) is 11.8. The van der Waals surface area contributed by atoms with Crippen LogP contribution >= 0.6 is 45.9 Å². The molecule has 2 unspecified atom stereocenters. The Bertz CT molecular complexity index is 2800. The van der Waals surface area contributed by atoms with Gasteiger partial charge in [-0.25, -0.2) is 0 Å². The second-order valence-electron chi connectivity index (χ2n) is 16.4. The van der Waals surface area contributed by atoms with Crippen molar-refractivity contribution in [2.75, 3.05) is 13.2 Å². The topological polar surface area (TPSA) is 147 Å². The molecule has 6 aromatic rings. The number of carbonyl (C=O) groups excluding carboxylic acids is 3. The Morgan fingerprint density at radius 3 is 1.61 bits per heavy atom. The van der Waals surface area contributed by atoms with Crippen LogP contribution in [0.1, 0.15) is 148 Å². The zero-order chi connectivity index (χ0) is 45.2. The minimum absolute atomic E-state index is 0.00750. The van der Waals surface area contributed by atoms with E-state index in [0.29, 0.717) is 77.0 Å². The fourth-order valence-electron chi connectivity index (χ4n) is 8.35. The van der Waals surface area contributed by atoms with E-state index >= 15 is 0 Å². The molecule has 6 heterocycles. The van der Waals surface area contributed by atoms with Gasteiger partial charge in [-0.15, -0.1) is 43.1 Å². The van der Waals surface area contributed by atoms with Crippen LogP contribution in [0.15, 0.2) is 58.5 Å². The van der Waals surface area contributed by atoms with Crippen LogP contribution in [0.25, 0.3) is 10.0 Å². The zero-order valence-electron chi connectivity index (χ0n) is 36.8. The molecule has 2 aromatic carbocycles. The largest absolute Gasteiger partial charge is 0.381 e. The standard InChI is InChI=1S/C48H50Cl2N8O4S2/c1-7-8-11-35(59)24-37-46-56-54-30(6)58(46)48-41(43(52-37)32-16-20-34(50)21-17-32)27(3)44(64-48)39(61)13-10-23-62-22-9-12-36(60)25-38-45-55-53-29(5)57(45)47-40(26(2)28(4)63-47)42(51-38)31-14-18-33(49)19-15-31/h14-21,37-38H,7-13,22-25H2,1-6H3. The molecule has 0 spiro atoms. The number of aromatic nitrogens is 6. The van der Waals surface area contributed by atoms with E-state index in [-0.39, 0.29) is 36.6 Å². The normalized spacial score (nSPS) is 15.4. The van der Waals surface area contributed by atoms with Gasteiger partial charge in [-0.2, -0.15) is 0 Å². The summed E-state index contributed by atoms with van der Waals surface area (Å²) >= 11 is 15.6. The highest BCUT2D eigenvalue weighted by molar-refractivity contribution is 7.17. The van der Waals surface area contributed by atoms with Gasteiger partial charge >= 0.3 is 0 Å². The SMILES string of the molecule is CCCCC(=O)CC1N=C(c2ccc(Cl)cc2)c2c(sc(C(=O)CCCOCCCC(=O)CC3N=C(c4ccc(Cl)cc4)c4c(sc(C)c4C)-n4c(C)nnc43)c2C)-n2c(C)nnc21. The number of fused-ring (bicyclic) bond motifs is 6. The van der Waals surface area contributed by atoms with Gasteiger partial charge in [-0.05, 0) is 89.3 Å². The number of benzene rings is 2. The van der Waals surface area contributed by atoms with Crippen molar-refractivity contribution in [3.63, 3.8) is 0 Å². The first-order valence-corrected chi connectivity index (χ1v) is 24.1. The van der Waals surface area contributed by atoms with Gasteiger partial charge in [0.25, 0.3) is 0 Å². The van der Waals surface area contributed by atoms with Gasteiger partial charge in [-0.3, -0.25) is 33.5 Å². The molecule has 0 bridgehead atoms. The Balaban J connectivity index is 0.911. The van der Waals surface area contributed by atoms with E-state index in [9.17, 15) is 14.4 Å². The minimum Gasteiger partial charge on any atom is -0.381 e. The van der Waals surface area contributed by atoms with Gasteiger partial charge < -0.3 is 4.74 Å². The monoisotopic (exact) mass is 936 g/mol. The van der Waals surface area contributed by atoms with Crippen molar-refractivity contribution in [3.05, 3.63) is 125 Å². The summed E-state index contributed by atoms with van der Waals surface area (Å²) in [6, 6.07) is 14.1. The summed E-state index contributed by atoms with van der Waals surface area (Å²) in [5.41, 5.74) is 7.09. The molecule has 0 amide bonds. The lowest BCUT2D eigenvalue weighted by Crippen LogP contribution is -2.12. The van der Waals surface area contributed by atoms with Crippen LogP contribution < -0.4 is 0 Å². The predicted molar refractivity (Wildman–Crippen MR) is 254 cm³/mol. The number of halogens is 2. The van der Waals surface area contributed by atoms with Gasteiger partial charge in [0, 0.05) is 82.5 Å². The summed E-state index contributed by atoms with van der Waals surface area (Å²) < 4.78 is 9.99. The van der Waals surface area contributed by atoms with E-state index in [0.717, 1.165) is 67.8 Å². The van der Waals surface area contributed by atoms with Gasteiger partial charge in [0.15, 0.2) is 17.4 Å². The first-order valence-electron chi connectivity index (χ1n) is 21.7. The second-order valence-corrected chi connectivity index (χ2v) is 19.5. The summed E-state index contributed by atoms with van der Waals surface area (Å²) in [6.07, 6.45) is 4.30. The molecule has 332 valence electrons. The Labute approximate surface area is 390 Å². The number of unbranched alkanes of at least 4 members (excludes halogenated alkanes) is 1. The zero-order valence-corrected chi connectivity index (χ0v) is 40.0. The maximum Gasteiger partial charge on any atom is 0.173 e. The first kappa shape index (κ1) is 45.6. The van der Waals surface area contributed by atoms with Crippen molar-refractivity contribution in [1.82, 2.24) is 29.5 Å². The number of nitrogens with zero attached hydrogens (tertiary/aromatic N) is 8. The van der Waals surface area contributed by atoms with Gasteiger partial charge in [-0.1, -0.05) is 60.8 Å². The third-order valence-corrected chi connectivity index (χ3v) is 14.8. The summed E-state index contributed by atoms with van der Waals surface area (Å²) in [4.78, 5) is 52.9. The molecule has 2 atom stereocenters. The quantitative estimate of drug-likeness (QED) is 0.0611. The van der Waals surface area contributed by atoms with Gasteiger partial charge in [0.2, 0.25) is 0 Å². The van der Waals surface area contributed by atoms with Crippen molar-refractivity contribution in [2.45, 2.75) is 111 Å². The van der Waals surface area contributed by atoms with E-state index < -0.39 is 12.1 Å². The molecular formula is C48H50Cl2N8O4S2. The number of hydrogen-bond acceptors (Lipinski definition) is 12. The number of thiophene rings is 2. The number of aryl methyl sites for hydroxylation is 3. The number of hydrogen-bond donors (Lipinski definition) is 0. The molecule has 12 nitrogen and oxygen atoms in total. The number of ether oxygens (including phenoxy) is 1. The lowest BCUT2D eigenvalue weighted by Gasteiger charge is -2.12. The molecule has 0 saturated carbocycles. The second kappa shape index (κ2) is 19.6. The molecule has 0 saturated heterocycles. The Morgan fingerprint density at radius 2 is 1.09 bits per heavy atom. The number of carbonyl (C=O) groups is 3. The number of rotatable bonds is 18. The third kappa shape index (κ3) is 9.26. The molecule has 16 heteroatoms. The van der Waals surface area contributed by atoms with Crippen LogP contribution in [0, 0.1) is 34.6 Å².